The van der Waals surface area contributed by atoms with Gasteiger partial charge in [0, 0.05) is 12.1 Å². The molecule has 1 N–H and O–H groups in total. The van der Waals surface area contributed by atoms with Crippen LogP contribution in [0.1, 0.15) is 26.3 Å². The van der Waals surface area contributed by atoms with Gasteiger partial charge in [-0.2, -0.15) is 0 Å². The van der Waals surface area contributed by atoms with Crippen molar-refractivity contribution in [3.8, 4) is 11.5 Å². The van der Waals surface area contributed by atoms with E-state index < -0.39 is 6.09 Å². The van der Waals surface area contributed by atoms with Crippen molar-refractivity contribution in [3.05, 3.63) is 23.8 Å². The Morgan fingerprint density at radius 1 is 1.32 bits per heavy atom. The highest BCUT2D eigenvalue weighted by Gasteiger charge is 2.23. The molecule has 0 saturated heterocycles. The molecule has 0 bridgehead atoms. The van der Waals surface area contributed by atoms with Gasteiger partial charge in [0.15, 0.2) is 11.5 Å². The summed E-state index contributed by atoms with van der Waals surface area (Å²) in [5.74, 6) is 1.48. The summed E-state index contributed by atoms with van der Waals surface area (Å²) in [7, 11) is 0. The maximum absolute atomic E-state index is 11.2. The molecule has 5 heteroatoms. The van der Waals surface area contributed by atoms with Crippen LogP contribution in [0.2, 0.25) is 0 Å². The molecule has 5 nitrogen and oxygen atoms in total. The molecule has 1 aliphatic rings. The number of carbonyl (C=O) groups is 1. The van der Waals surface area contributed by atoms with Crippen LogP contribution in [0.5, 0.6) is 11.5 Å². The third kappa shape index (κ3) is 2.92. The fraction of sp³-hybridized carbons (Fsp3) is 0.500. The highest BCUT2D eigenvalue weighted by atomic mass is 16.7. The highest BCUT2D eigenvalue weighted by molar-refractivity contribution is 5.65. The lowest BCUT2D eigenvalue weighted by molar-refractivity contribution is 0.111. The SMILES string of the molecule is CC(C)N(C(=O)O)C(C)Cc1ccc2c(c1)OCO2. The van der Waals surface area contributed by atoms with Crippen molar-refractivity contribution in [1.82, 2.24) is 4.90 Å². The second-order valence-corrected chi connectivity index (χ2v) is 5.02. The number of benzene rings is 1. The van der Waals surface area contributed by atoms with Gasteiger partial charge in [0.25, 0.3) is 0 Å². The quantitative estimate of drug-likeness (QED) is 0.909. The molecule has 1 atom stereocenters. The number of amides is 1. The molecule has 0 saturated carbocycles. The first kappa shape index (κ1) is 13.5. The Labute approximate surface area is 112 Å². The number of ether oxygens (including phenoxy) is 2. The minimum Gasteiger partial charge on any atom is -0.465 e. The van der Waals surface area contributed by atoms with Crippen LogP contribution in [0.4, 0.5) is 4.79 Å². The minimum atomic E-state index is -0.886. The van der Waals surface area contributed by atoms with E-state index >= 15 is 0 Å². The molecule has 0 aliphatic carbocycles. The second-order valence-electron chi connectivity index (χ2n) is 5.02. The van der Waals surface area contributed by atoms with Crippen molar-refractivity contribution in [1.29, 1.82) is 0 Å². The molecule has 1 amide bonds. The Morgan fingerprint density at radius 2 is 2.00 bits per heavy atom. The van der Waals surface area contributed by atoms with Crippen molar-refractivity contribution < 1.29 is 19.4 Å². The Kier molecular flexibility index (Phi) is 3.83. The van der Waals surface area contributed by atoms with Crippen LogP contribution < -0.4 is 9.47 Å². The van der Waals surface area contributed by atoms with E-state index in [0.717, 1.165) is 17.1 Å². The molecule has 0 spiro atoms. The van der Waals surface area contributed by atoms with E-state index in [0.29, 0.717) is 6.42 Å². The summed E-state index contributed by atoms with van der Waals surface area (Å²) in [6.45, 7) is 5.93. The van der Waals surface area contributed by atoms with E-state index in [1.54, 1.807) is 0 Å². The average molecular weight is 265 g/mol. The van der Waals surface area contributed by atoms with E-state index in [1.807, 2.05) is 39.0 Å². The minimum absolute atomic E-state index is 0.0403. The maximum atomic E-state index is 11.2. The largest absolute Gasteiger partial charge is 0.465 e. The van der Waals surface area contributed by atoms with E-state index in [9.17, 15) is 9.90 Å². The van der Waals surface area contributed by atoms with Gasteiger partial charge in [0.2, 0.25) is 6.79 Å². The van der Waals surface area contributed by atoms with Crippen molar-refractivity contribution >= 4 is 6.09 Å². The lowest BCUT2D eigenvalue weighted by Gasteiger charge is -2.30. The fourth-order valence-electron chi connectivity index (χ4n) is 2.43. The lowest BCUT2D eigenvalue weighted by Crippen LogP contribution is -2.43. The molecule has 0 fully saturated rings. The van der Waals surface area contributed by atoms with E-state index in [2.05, 4.69) is 0 Å². The normalized spacial score (nSPS) is 14.5. The summed E-state index contributed by atoms with van der Waals surface area (Å²) in [5, 5.41) is 9.23. The first-order valence-corrected chi connectivity index (χ1v) is 6.39. The molecule has 1 heterocycles. The van der Waals surface area contributed by atoms with Crippen LogP contribution in [-0.4, -0.2) is 35.0 Å². The molecule has 1 unspecified atom stereocenters. The summed E-state index contributed by atoms with van der Waals surface area (Å²) in [4.78, 5) is 12.7. The summed E-state index contributed by atoms with van der Waals surface area (Å²) < 4.78 is 10.6. The third-order valence-corrected chi connectivity index (χ3v) is 3.22. The zero-order valence-electron chi connectivity index (χ0n) is 11.4. The van der Waals surface area contributed by atoms with Gasteiger partial charge in [-0.15, -0.1) is 0 Å². The monoisotopic (exact) mass is 265 g/mol. The number of hydrogen-bond acceptors (Lipinski definition) is 3. The summed E-state index contributed by atoms with van der Waals surface area (Å²) in [5.41, 5.74) is 1.05. The van der Waals surface area contributed by atoms with Gasteiger partial charge in [0.1, 0.15) is 0 Å². The van der Waals surface area contributed by atoms with Gasteiger partial charge < -0.3 is 19.5 Å². The zero-order valence-corrected chi connectivity index (χ0v) is 11.4. The standard InChI is InChI=1S/C14H19NO4/c1-9(2)15(14(16)17)10(3)6-11-4-5-12-13(7-11)19-8-18-12/h4-5,7,9-10H,6,8H2,1-3H3,(H,16,17). The molecule has 1 aliphatic heterocycles. The predicted octanol–water partition coefficient (Wildman–Crippen LogP) is 2.73. The highest BCUT2D eigenvalue weighted by Crippen LogP contribution is 2.33. The molecular weight excluding hydrogens is 246 g/mol. The first-order chi connectivity index (χ1) is 8.99. The van der Waals surface area contributed by atoms with Crippen LogP contribution >= 0.6 is 0 Å². The first-order valence-electron chi connectivity index (χ1n) is 6.39. The molecule has 0 aromatic heterocycles. The number of carboxylic acid groups (broad SMARTS) is 1. The number of fused-ring (bicyclic) bond motifs is 1. The van der Waals surface area contributed by atoms with E-state index in [-0.39, 0.29) is 18.9 Å². The van der Waals surface area contributed by atoms with Gasteiger partial charge in [-0.25, -0.2) is 4.79 Å². The maximum Gasteiger partial charge on any atom is 0.407 e. The Morgan fingerprint density at radius 3 is 2.63 bits per heavy atom. The van der Waals surface area contributed by atoms with Crippen LogP contribution in [0.15, 0.2) is 18.2 Å². The third-order valence-electron chi connectivity index (χ3n) is 3.22. The fourth-order valence-corrected chi connectivity index (χ4v) is 2.43. The van der Waals surface area contributed by atoms with Crippen molar-refractivity contribution in [2.24, 2.45) is 0 Å². The van der Waals surface area contributed by atoms with Gasteiger partial charge in [-0.1, -0.05) is 6.07 Å². The molecule has 1 aromatic rings. The summed E-state index contributed by atoms with van der Waals surface area (Å²) in [6, 6.07) is 5.61. The van der Waals surface area contributed by atoms with E-state index in [4.69, 9.17) is 9.47 Å². The molecule has 2 rings (SSSR count). The topological polar surface area (TPSA) is 59.0 Å². The van der Waals surface area contributed by atoms with Crippen molar-refractivity contribution in [2.75, 3.05) is 6.79 Å². The summed E-state index contributed by atoms with van der Waals surface area (Å²) in [6.07, 6.45) is -0.232. The van der Waals surface area contributed by atoms with Crippen molar-refractivity contribution in [3.63, 3.8) is 0 Å². The van der Waals surface area contributed by atoms with Gasteiger partial charge in [-0.05, 0) is 44.9 Å². The molecular formula is C14H19NO4. The molecule has 0 radical (unpaired) electrons. The number of nitrogens with zero attached hydrogens (tertiary/aromatic N) is 1. The van der Waals surface area contributed by atoms with E-state index in [1.165, 1.54) is 4.90 Å². The molecule has 104 valence electrons. The smallest absolute Gasteiger partial charge is 0.407 e. The molecule has 19 heavy (non-hydrogen) atoms. The van der Waals surface area contributed by atoms with Crippen LogP contribution in [0.25, 0.3) is 0 Å². The predicted molar refractivity (Wildman–Crippen MR) is 70.7 cm³/mol. The lowest BCUT2D eigenvalue weighted by atomic mass is 10.0. The van der Waals surface area contributed by atoms with Gasteiger partial charge >= 0.3 is 6.09 Å². The number of rotatable bonds is 4. The molecule has 1 aromatic carbocycles. The van der Waals surface area contributed by atoms with Crippen LogP contribution in [-0.2, 0) is 6.42 Å². The second kappa shape index (κ2) is 5.38. The zero-order chi connectivity index (χ0) is 14.0. The van der Waals surface area contributed by atoms with Crippen LogP contribution in [0, 0.1) is 0 Å². The number of hydrogen-bond donors (Lipinski definition) is 1. The Hall–Kier alpha value is -1.91. The Balaban J connectivity index is 2.09. The van der Waals surface area contributed by atoms with Gasteiger partial charge in [-0.3, -0.25) is 0 Å². The summed E-state index contributed by atoms with van der Waals surface area (Å²) >= 11 is 0. The van der Waals surface area contributed by atoms with Crippen LogP contribution in [0.3, 0.4) is 0 Å². The van der Waals surface area contributed by atoms with Crippen molar-refractivity contribution in [2.45, 2.75) is 39.3 Å². The van der Waals surface area contributed by atoms with Gasteiger partial charge in [0.05, 0.1) is 0 Å². The Bertz CT molecular complexity index is 473. The average Bonchev–Trinajstić information content (AvgIpc) is 2.74.